The molecule has 0 spiro atoms. The molecule has 3 heteroatoms. The largest absolute Gasteiger partial charge is 0.389 e. The molecule has 0 radical (unpaired) electrons. The van der Waals surface area contributed by atoms with E-state index in [0.717, 1.165) is 11.1 Å². The van der Waals surface area contributed by atoms with E-state index in [1.54, 1.807) is 19.1 Å². The summed E-state index contributed by atoms with van der Waals surface area (Å²) in [6, 6.07) is 4.21. The monoisotopic (exact) mass is 214 g/mol. The van der Waals surface area contributed by atoms with Crippen LogP contribution < -0.4 is 0 Å². The number of aliphatic hydroxyl groups excluding tert-OH is 1. The lowest BCUT2D eigenvalue weighted by atomic mass is 10.1. The van der Waals surface area contributed by atoms with Crippen LogP contribution in [-0.4, -0.2) is 11.2 Å². The van der Waals surface area contributed by atoms with Crippen molar-refractivity contribution in [3.8, 4) is 0 Å². The third kappa shape index (κ3) is 2.82. The predicted octanol–water partition coefficient (Wildman–Crippen LogP) is 3.26. The molecule has 0 saturated carbocycles. The van der Waals surface area contributed by atoms with Gasteiger partial charge in [-0.05, 0) is 37.1 Å². The summed E-state index contributed by atoms with van der Waals surface area (Å²) in [5, 5.41) is 9.50. The van der Waals surface area contributed by atoms with Gasteiger partial charge in [-0.1, -0.05) is 23.7 Å². The first kappa shape index (κ1) is 11.2. The first-order valence-corrected chi connectivity index (χ1v) is 4.70. The number of hydrogen-bond acceptors (Lipinski definition) is 1. The molecule has 1 aromatic carbocycles. The van der Waals surface area contributed by atoms with Gasteiger partial charge in [0.25, 0.3) is 0 Å². The van der Waals surface area contributed by atoms with Gasteiger partial charge in [0.15, 0.2) is 0 Å². The summed E-state index contributed by atoms with van der Waals surface area (Å²) in [5.74, 6) is -0.358. The number of halogens is 2. The Morgan fingerprint density at radius 2 is 2.21 bits per heavy atom. The highest BCUT2D eigenvalue weighted by Gasteiger charge is 2.04. The molecule has 0 bridgehead atoms. The Labute approximate surface area is 87.8 Å². The molecule has 0 aliphatic rings. The standard InChI is InChI=1S/C11H12ClFO/c1-7(5-8(2)14)10-4-3-9(13)6-11(10)12/h3-6,8,14H,1-2H3/b7-5-. The molecule has 14 heavy (non-hydrogen) atoms. The average molecular weight is 215 g/mol. The van der Waals surface area contributed by atoms with Gasteiger partial charge in [0.2, 0.25) is 0 Å². The number of aliphatic hydroxyl groups is 1. The topological polar surface area (TPSA) is 20.2 Å². The highest BCUT2D eigenvalue weighted by Crippen LogP contribution is 2.24. The van der Waals surface area contributed by atoms with E-state index in [2.05, 4.69) is 0 Å². The zero-order chi connectivity index (χ0) is 10.7. The smallest absolute Gasteiger partial charge is 0.124 e. The molecule has 0 aliphatic carbocycles. The third-order valence-corrected chi connectivity index (χ3v) is 2.16. The van der Waals surface area contributed by atoms with Crippen LogP contribution in [0.5, 0.6) is 0 Å². The van der Waals surface area contributed by atoms with Gasteiger partial charge in [0.1, 0.15) is 5.82 Å². The summed E-state index contributed by atoms with van der Waals surface area (Å²) >= 11 is 5.85. The summed E-state index contributed by atoms with van der Waals surface area (Å²) in [7, 11) is 0. The Kier molecular flexibility index (Phi) is 3.67. The minimum absolute atomic E-state index is 0.358. The van der Waals surface area contributed by atoms with Crippen LogP contribution in [0.4, 0.5) is 4.39 Å². The van der Waals surface area contributed by atoms with Crippen LogP contribution in [0, 0.1) is 5.82 Å². The van der Waals surface area contributed by atoms with Gasteiger partial charge in [-0.2, -0.15) is 0 Å². The van der Waals surface area contributed by atoms with Crippen molar-refractivity contribution in [2.24, 2.45) is 0 Å². The van der Waals surface area contributed by atoms with Crippen LogP contribution >= 0.6 is 11.6 Å². The van der Waals surface area contributed by atoms with E-state index in [1.165, 1.54) is 12.1 Å². The quantitative estimate of drug-likeness (QED) is 0.801. The lowest BCUT2D eigenvalue weighted by Gasteiger charge is -2.05. The molecule has 1 nitrogen and oxygen atoms in total. The Morgan fingerprint density at radius 1 is 1.57 bits per heavy atom. The second-order valence-corrected chi connectivity index (χ2v) is 3.62. The molecule has 1 rings (SSSR count). The maximum Gasteiger partial charge on any atom is 0.124 e. The van der Waals surface area contributed by atoms with Crippen LogP contribution in [-0.2, 0) is 0 Å². The predicted molar refractivity (Wildman–Crippen MR) is 56.7 cm³/mol. The van der Waals surface area contributed by atoms with Gasteiger partial charge in [-0.3, -0.25) is 0 Å². The van der Waals surface area contributed by atoms with E-state index in [-0.39, 0.29) is 5.82 Å². The lowest BCUT2D eigenvalue weighted by molar-refractivity contribution is 0.244. The van der Waals surface area contributed by atoms with Crippen LogP contribution in [0.15, 0.2) is 24.3 Å². The van der Waals surface area contributed by atoms with Crippen molar-refractivity contribution in [1.82, 2.24) is 0 Å². The summed E-state index contributed by atoms with van der Waals surface area (Å²) in [6.45, 7) is 3.48. The molecule has 0 saturated heterocycles. The fourth-order valence-electron chi connectivity index (χ4n) is 1.26. The number of rotatable bonds is 2. The van der Waals surface area contributed by atoms with E-state index in [9.17, 15) is 4.39 Å². The molecule has 0 heterocycles. The van der Waals surface area contributed by atoms with Crippen molar-refractivity contribution in [1.29, 1.82) is 0 Å². The minimum Gasteiger partial charge on any atom is -0.389 e. The van der Waals surface area contributed by atoms with Crippen molar-refractivity contribution in [3.63, 3.8) is 0 Å². The van der Waals surface area contributed by atoms with Crippen molar-refractivity contribution in [3.05, 3.63) is 40.7 Å². The molecule has 0 fully saturated rings. The van der Waals surface area contributed by atoms with Crippen molar-refractivity contribution >= 4 is 17.2 Å². The Balaban J connectivity index is 3.07. The van der Waals surface area contributed by atoms with Crippen LogP contribution in [0.25, 0.3) is 5.57 Å². The Hall–Kier alpha value is -0.860. The maximum absolute atomic E-state index is 12.7. The number of benzene rings is 1. The summed E-state index contributed by atoms with van der Waals surface area (Å²) in [6.07, 6.45) is 1.13. The van der Waals surface area contributed by atoms with Gasteiger partial charge < -0.3 is 5.11 Å². The SMILES string of the molecule is C/C(=C/C(C)O)c1ccc(F)cc1Cl. The van der Waals surface area contributed by atoms with E-state index >= 15 is 0 Å². The fraction of sp³-hybridized carbons (Fsp3) is 0.273. The van der Waals surface area contributed by atoms with E-state index < -0.39 is 6.10 Å². The molecular formula is C11H12ClFO. The van der Waals surface area contributed by atoms with E-state index in [0.29, 0.717) is 5.02 Å². The fourth-order valence-corrected chi connectivity index (χ4v) is 1.58. The minimum atomic E-state index is -0.531. The Morgan fingerprint density at radius 3 is 2.71 bits per heavy atom. The molecular weight excluding hydrogens is 203 g/mol. The highest BCUT2D eigenvalue weighted by atomic mass is 35.5. The zero-order valence-corrected chi connectivity index (χ0v) is 8.85. The maximum atomic E-state index is 12.7. The second kappa shape index (κ2) is 4.58. The van der Waals surface area contributed by atoms with E-state index in [4.69, 9.17) is 16.7 Å². The number of allylic oxidation sites excluding steroid dienone is 1. The summed E-state index contributed by atoms with van der Waals surface area (Å²) < 4.78 is 12.7. The molecule has 1 aromatic rings. The van der Waals surface area contributed by atoms with Crippen LogP contribution in [0.1, 0.15) is 19.4 Å². The van der Waals surface area contributed by atoms with Gasteiger partial charge in [-0.25, -0.2) is 4.39 Å². The number of hydrogen-bond donors (Lipinski definition) is 1. The summed E-state index contributed by atoms with van der Waals surface area (Å²) in [5.41, 5.74) is 1.58. The average Bonchev–Trinajstić information content (AvgIpc) is 2.01. The van der Waals surface area contributed by atoms with Gasteiger partial charge >= 0.3 is 0 Å². The molecule has 1 atom stereocenters. The van der Waals surface area contributed by atoms with Crippen molar-refractivity contribution < 1.29 is 9.50 Å². The third-order valence-electron chi connectivity index (χ3n) is 1.85. The van der Waals surface area contributed by atoms with Crippen molar-refractivity contribution in [2.75, 3.05) is 0 Å². The molecule has 0 amide bonds. The molecule has 1 N–H and O–H groups in total. The van der Waals surface area contributed by atoms with E-state index in [1.807, 2.05) is 6.92 Å². The molecule has 0 aliphatic heterocycles. The lowest BCUT2D eigenvalue weighted by Crippen LogP contribution is -1.95. The molecule has 0 aromatic heterocycles. The van der Waals surface area contributed by atoms with Gasteiger partial charge in [0.05, 0.1) is 11.1 Å². The zero-order valence-electron chi connectivity index (χ0n) is 8.09. The first-order chi connectivity index (χ1) is 6.50. The normalized spacial score (nSPS) is 14.2. The summed E-state index contributed by atoms with van der Waals surface area (Å²) in [4.78, 5) is 0. The van der Waals surface area contributed by atoms with Crippen LogP contribution in [0.2, 0.25) is 5.02 Å². The van der Waals surface area contributed by atoms with Gasteiger partial charge in [-0.15, -0.1) is 0 Å². The molecule has 1 unspecified atom stereocenters. The van der Waals surface area contributed by atoms with Gasteiger partial charge in [0, 0.05) is 0 Å². The molecule has 76 valence electrons. The Bertz CT molecular complexity index is 358. The van der Waals surface area contributed by atoms with Crippen molar-refractivity contribution in [2.45, 2.75) is 20.0 Å². The highest BCUT2D eigenvalue weighted by molar-refractivity contribution is 6.32. The second-order valence-electron chi connectivity index (χ2n) is 3.21. The first-order valence-electron chi connectivity index (χ1n) is 4.32. The van der Waals surface area contributed by atoms with Crippen LogP contribution in [0.3, 0.4) is 0 Å².